The molecular formula is C27H32N2O2. The molecule has 0 bridgehead atoms. The Labute approximate surface area is 185 Å². The summed E-state index contributed by atoms with van der Waals surface area (Å²) in [6.45, 7) is 4.97. The van der Waals surface area contributed by atoms with E-state index in [1.165, 1.54) is 21.9 Å². The Kier molecular flexibility index (Phi) is 8.22. The molecule has 3 aromatic rings. The number of rotatable bonds is 10. The van der Waals surface area contributed by atoms with E-state index < -0.39 is 6.04 Å². The van der Waals surface area contributed by atoms with Crippen molar-refractivity contribution in [3.8, 4) is 0 Å². The van der Waals surface area contributed by atoms with Crippen molar-refractivity contribution < 1.29 is 9.59 Å². The zero-order chi connectivity index (χ0) is 22.1. The van der Waals surface area contributed by atoms with Crippen LogP contribution in [0.4, 0.5) is 0 Å². The summed E-state index contributed by atoms with van der Waals surface area (Å²) < 4.78 is 0. The number of carbonyl (C=O) groups excluding carboxylic acids is 2. The van der Waals surface area contributed by atoms with E-state index in [0.717, 1.165) is 6.42 Å². The third-order valence-corrected chi connectivity index (χ3v) is 5.71. The lowest BCUT2D eigenvalue weighted by Crippen LogP contribution is -2.50. The Bertz CT molecular complexity index is 995. The molecule has 2 amide bonds. The van der Waals surface area contributed by atoms with Crippen LogP contribution in [0, 0.1) is 0 Å². The highest BCUT2D eigenvalue weighted by Gasteiger charge is 2.27. The molecule has 0 radical (unpaired) electrons. The van der Waals surface area contributed by atoms with Crippen molar-refractivity contribution in [2.75, 3.05) is 13.1 Å². The number of carbonyl (C=O) groups is 2. The minimum Gasteiger partial charge on any atom is -0.355 e. The van der Waals surface area contributed by atoms with Crippen molar-refractivity contribution >= 4 is 22.6 Å². The van der Waals surface area contributed by atoms with E-state index >= 15 is 0 Å². The summed E-state index contributed by atoms with van der Waals surface area (Å²) in [6, 6.07) is 24.1. The second kappa shape index (κ2) is 11.3. The predicted octanol–water partition coefficient (Wildman–Crippen LogP) is 4.76. The highest BCUT2D eigenvalue weighted by molar-refractivity contribution is 5.89. The number of amides is 2. The summed E-state index contributed by atoms with van der Waals surface area (Å²) in [5.41, 5.74) is 2.33. The number of nitrogens with zero attached hydrogens (tertiary/aromatic N) is 1. The maximum absolute atomic E-state index is 13.3. The van der Waals surface area contributed by atoms with E-state index in [0.29, 0.717) is 32.4 Å². The highest BCUT2D eigenvalue weighted by Crippen LogP contribution is 2.20. The monoisotopic (exact) mass is 416 g/mol. The zero-order valence-electron chi connectivity index (χ0n) is 18.5. The van der Waals surface area contributed by atoms with Crippen LogP contribution < -0.4 is 5.32 Å². The first kappa shape index (κ1) is 22.5. The van der Waals surface area contributed by atoms with E-state index in [1.807, 2.05) is 50.2 Å². The van der Waals surface area contributed by atoms with Gasteiger partial charge in [-0.1, -0.05) is 79.7 Å². The molecule has 31 heavy (non-hydrogen) atoms. The van der Waals surface area contributed by atoms with Gasteiger partial charge in [0.05, 0.1) is 0 Å². The van der Waals surface area contributed by atoms with Gasteiger partial charge in [0.25, 0.3) is 0 Å². The van der Waals surface area contributed by atoms with Crippen molar-refractivity contribution in [3.63, 3.8) is 0 Å². The van der Waals surface area contributed by atoms with Gasteiger partial charge < -0.3 is 10.2 Å². The minimum atomic E-state index is -0.441. The molecule has 0 saturated heterocycles. The van der Waals surface area contributed by atoms with Crippen LogP contribution in [0.25, 0.3) is 10.8 Å². The average molecular weight is 417 g/mol. The molecule has 0 aliphatic carbocycles. The van der Waals surface area contributed by atoms with E-state index in [9.17, 15) is 9.59 Å². The van der Waals surface area contributed by atoms with E-state index in [-0.39, 0.29) is 11.8 Å². The number of nitrogens with one attached hydrogen (secondary N) is 1. The molecule has 4 heteroatoms. The van der Waals surface area contributed by atoms with Gasteiger partial charge in [0, 0.05) is 19.5 Å². The Morgan fingerprint density at radius 2 is 1.58 bits per heavy atom. The number of aryl methyl sites for hydroxylation is 1. The van der Waals surface area contributed by atoms with Crippen LogP contribution in [0.5, 0.6) is 0 Å². The molecule has 3 rings (SSSR count). The number of hydrogen-bond donors (Lipinski definition) is 1. The summed E-state index contributed by atoms with van der Waals surface area (Å²) >= 11 is 0. The van der Waals surface area contributed by atoms with Crippen molar-refractivity contribution in [1.82, 2.24) is 10.2 Å². The third kappa shape index (κ3) is 5.94. The molecule has 0 aliphatic rings. The molecule has 0 spiro atoms. The lowest BCUT2D eigenvalue weighted by atomic mass is 10.00. The summed E-state index contributed by atoms with van der Waals surface area (Å²) in [7, 11) is 0. The number of likely N-dealkylation sites (N-methyl/N-ethyl adjacent to an activating group) is 1. The predicted molar refractivity (Wildman–Crippen MR) is 127 cm³/mol. The van der Waals surface area contributed by atoms with Gasteiger partial charge in [-0.25, -0.2) is 0 Å². The number of benzene rings is 3. The molecule has 4 nitrogen and oxygen atoms in total. The maximum atomic E-state index is 13.3. The molecule has 0 fully saturated rings. The van der Waals surface area contributed by atoms with Gasteiger partial charge in [-0.05, 0) is 48.1 Å². The van der Waals surface area contributed by atoms with E-state index in [1.54, 1.807) is 4.90 Å². The van der Waals surface area contributed by atoms with Gasteiger partial charge >= 0.3 is 0 Å². The molecule has 0 saturated carbocycles. The van der Waals surface area contributed by atoms with Crippen LogP contribution in [0.2, 0.25) is 0 Å². The molecule has 0 heterocycles. The van der Waals surface area contributed by atoms with Crippen LogP contribution in [0.1, 0.15) is 37.8 Å². The van der Waals surface area contributed by atoms with Gasteiger partial charge in [0.15, 0.2) is 0 Å². The first-order valence-electron chi connectivity index (χ1n) is 11.2. The summed E-state index contributed by atoms with van der Waals surface area (Å²) in [6.07, 6.45) is 2.38. The van der Waals surface area contributed by atoms with Gasteiger partial charge in [0.1, 0.15) is 6.04 Å². The first-order valence-corrected chi connectivity index (χ1v) is 11.2. The fourth-order valence-electron chi connectivity index (χ4n) is 4.08. The fraction of sp³-hybridized carbons (Fsp3) is 0.333. The van der Waals surface area contributed by atoms with E-state index in [2.05, 4.69) is 41.7 Å². The third-order valence-electron chi connectivity index (χ3n) is 5.71. The van der Waals surface area contributed by atoms with Crippen molar-refractivity contribution in [1.29, 1.82) is 0 Å². The summed E-state index contributed by atoms with van der Waals surface area (Å²) in [4.78, 5) is 27.8. The Balaban J connectivity index is 1.76. The van der Waals surface area contributed by atoms with Crippen LogP contribution >= 0.6 is 0 Å². The standard InChI is InChI=1S/C27H32N2O2/c1-3-25(27(31)28-4-2)29(20-19-21-11-6-5-7-12-21)26(30)18-17-23-15-10-14-22-13-8-9-16-24(22)23/h5-16,25H,3-4,17-20H2,1-2H3,(H,28,31)/t25-/m1/s1. The molecule has 0 unspecified atom stereocenters. The van der Waals surface area contributed by atoms with Crippen molar-refractivity contribution in [3.05, 3.63) is 83.9 Å². The van der Waals surface area contributed by atoms with Crippen LogP contribution in [-0.2, 0) is 22.4 Å². The van der Waals surface area contributed by atoms with Crippen molar-refractivity contribution in [2.45, 2.75) is 45.6 Å². The second-order valence-electron chi connectivity index (χ2n) is 7.78. The summed E-state index contributed by atoms with van der Waals surface area (Å²) in [5.74, 6) is -0.0430. The van der Waals surface area contributed by atoms with Crippen LogP contribution in [-0.4, -0.2) is 35.8 Å². The Hall–Kier alpha value is -3.14. The molecular weight excluding hydrogens is 384 g/mol. The normalized spacial score (nSPS) is 11.8. The lowest BCUT2D eigenvalue weighted by Gasteiger charge is -2.30. The summed E-state index contributed by atoms with van der Waals surface area (Å²) in [5, 5.41) is 5.26. The maximum Gasteiger partial charge on any atom is 0.242 e. The largest absolute Gasteiger partial charge is 0.355 e. The molecule has 0 aliphatic heterocycles. The van der Waals surface area contributed by atoms with Gasteiger partial charge in [-0.3, -0.25) is 9.59 Å². The van der Waals surface area contributed by atoms with Gasteiger partial charge in [-0.2, -0.15) is 0 Å². The molecule has 162 valence electrons. The van der Waals surface area contributed by atoms with E-state index in [4.69, 9.17) is 0 Å². The molecule has 1 N–H and O–H groups in total. The lowest BCUT2D eigenvalue weighted by molar-refractivity contribution is -0.140. The SMILES string of the molecule is CCNC(=O)[C@@H](CC)N(CCc1ccccc1)C(=O)CCc1cccc2ccccc12. The van der Waals surface area contributed by atoms with Crippen LogP contribution in [0.15, 0.2) is 72.8 Å². The first-order chi connectivity index (χ1) is 15.1. The topological polar surface area (TPSA) is 49.4 Å². The van der Waals surface area contributed by atoms with Crippen molar-refractivity contribution in [2.24, 2.45) is 0 Å². The Morgan fingerprint density at radius 3 is 2.32 bits per heavy atom. The highest BCUT2D eigenvalue weighted by atomic mass is 16.2. The molecule has 3 aromatic carbocycles. The van der Waals surface area contributed by atoms with Gasteiger partial charge in [-0.15, -0.1) is 0 Å². The number of fused-ring (bicyclic) bond motifs is 1. The minimum absolute atomic E-state index is 0.0296. The quantitative estimate of drug-likeness (QED) is 0.518. The molecule has 0 aromatic heterocycles. The van der Waals surface area contributed by atoms with Crippen LogP contribution in [0.3, 0.4) is 0 Å². The Morgan fingerprint density at radius 1 is 0.871 bits per heavy atom. The zero-order valence-corrected chi connectivity index (χ0v) is 18.5. The average Bonchev–Trinajstić information content (AvgIpc) is 2.81. The second-order valence-corrected chi connectivity index (χ2v) is 7.78. The number of hydrogen-bond acceptors (Lipinski definition) is 2. The smallest absolute Gasteiger partial charge is 0.242 e. The van der Waals surface area contributed by atoms with Gasteiger partial charge in [0.2, 0.25) is 11.8 Å². The molecule has 1 atom stereocenters. The fourth-order valence-corrected chi connectivity index (χ4v) is 4.08.